The first-order valence-electron chi connectivity index (χ1n) is 24.8. The topological polar surface area (TPSA) is 111 Å². The Morgan fingerprint density at radius 1 is 0.508 bits per heavy atom. The molecule has 0 heterocycles. The molecule has 9 nitrogen and oxygen atoms in total. The summed E-state index contributed by atoms with van der Waals surface area (Å²) in [7, 11) is 1.15. The minimum Gasteiger partial charge on any atom is -0.756 e. The van der Waals surface area contributed by atoms with Crippen molar-refractivity contribution in [2.45, 2.75) is 219 Å². The maximum atomic E-state index is 12.7. The first-order chi connectivity index (χ1) is 29.5. The lowest BCUT2D eigenvalue weighted by Gasteiger charge is -2.28. The molecule has 0 aromatic carbocycles. The molecule has 0 bridgehead atoms. The van der Waals surface area contributed by atoms with E-state index in [2.05, 4.69) is 62.5 Å². The van der Waals surface area contributed by atoms with Crippen molar-refractivity contribution in [2.24, 2.45) is 0 Å². The van der Waals surface area contributed by atoms with E-state index in [0.717, 1.165) is 70.6 Å². The Balaban J connectivity index is 4.25. The van der Waals surface area contributed by atoms with Gasteiger partial charge >= 0.3 is 11.9 Å². The standard InChI is InChI=1S/C51H94NO8P/c1-6-8-10-12-14-16-18-20-22-23-24-25-26-27-28-29-30-32-34-36-38-40-42-44-51(54)60-49(48-59-61(55,56)58-46-45-52(3,4)5)47-57-50(53)43-41-39-37-35-33-31-21-19-17-15-13-11-9-7-2/h13,15,18-21,23-24,49H,6-12,14,16-17,22,25-48H2,1-5H3/b15-13-,20-18-,21-19-,24-23-. The lowest BCUT2D eigenvalue weighted by molar-refractivity contribution is -0.870. The van der Waals surface area contributed by atoms with Crippen molar-refractivity contribution >= 4 is 19.8 Å². The third-order valence-electron chi connectivity index (χ3n) is 10.6. The molecule has 61 heavy (non-hydrogen) atoms. The number of phosphoric acid groups is 1. The van der Waals surface area contributed by atoms with Gasteiger partial charge in [0.15, 0.2) is 6.10 Å². The van der Waals surface area contributed by atoms with Gasteiger partial charge in [0.2, 0.25) is 0 Å². The van der Waals surface area contributed by atoms with Gasteiger partial charge in [0, 0.05) is 12.8 Å². The summed E-state index contributed by atoms with van der Waals surface area (Å²) in [6.45, 7) is 4.17. The normalized spacial score (nSPS) is 13.9. The largest absolute Gasteiger partial charge is 0.756 e. The number of phosphoric ester groups is 1. The highest BCUT2D eigenvalue weighted by Crippen LogP contribution is 2.38. The maximum absolute atomic E-state index is 12.7. The van der Waals surface area contributed by atoms with Crippen LogP contribution in [0.5, 0.6) is 0 Å². The number of rotatable bonds is 45. The van der Waals surface area contributed by atoms with Crippen molar-refractivity contribution in [3.05, 3.63) is 48.6 Å². The van der Waals surface area contributed by atoms with E-state index >= 15 is 0 Å². The third kappa shape index (κ3) is 47.3. The Morgan fingerprint density at radius 3 is 1.34 bits per heavy atom. The number of quaternary nitrogens is 1. The number of unbranched alkanes of at least 4 members (excludes halogenated alkanes) is 23. The highest BCUT2D eigenvalue weighted by atomic mass is 31.2. The van der Waals surface area contributed by atoms with Crippen LogP contribution in [0.1, 0.15) is 213 Å². The molecule has 0 rings (SSSR count). The number of allylic oxidation sites excluding steroid dienone is 8. The predicted octanol–water partition coefficient (Wildman–Crippen LogP) is 14.0. The summed E-state index contributed by atoms with van der Waals surface area (Å²) in [5.74, 6) is -0.851. The monoisotopic (exact) mass is 880 g/mol. The summed E-state index contributed by atoms with van der Waals surface area (Å²) in [5.41, 5.74) is 0. The van der Waals surface area contributed by atoms with Crippen LogP contribution in [0.3, 0.4) is 0 Å². The van der Waals surface area contributed by atoms with Gasteiger partial charge in [0.05, 0.1) is 27.7 Å². The van der Waals surface area contributed by atoms with Crippen LogP contribution in [-0.2, 0) is 32.7 Å². The molecule has 0 aliphatic heterocycles. The van der Waals surface area contributed by atoms with E-state index in [-0.39, 0.29) is 26.1 Å². The van der Waals surface area contributed by atoms with E-state index in [0.29, 0.717) is 23.9 Å². The Kier molecular flexibility index (Phi) is 41.8. The molecule has 0 saturated heterocycles. The van der Waals surface area contributed by atoms with Gasteiger partial charge in [-0.3, -0.25) is 14.2 Å². The van der Waals surface area contributed by atoms with Gasteiger partial charge in [0.25, 0.3) is 7.82 Å². The van der Waals surface area contributed by atoms with Crippen LogP contribution in [0.4, 0.5) is 0 Å². The molecule has 0 aliphatic rings. The second-order valence-electron chi connectivity index (χ2n) is 17.8. The Morgan fingerprint density at radius 2 is 0.902 bits per heavy atom. The van der Waals surface area contributed by atoms with Gasteiger partial charge in [-0.2, -0.15) is 0 Å². The summed E-state index contributed by atoms with van der Waals surface area (Å²) in [6.07, 6.45) is 51.4. The molecular formula is C51H94NO8P. The molecule has 2 unspecified atom stereocenters. The van der Waals surface area contributed by atoms with Crippen molar-refractivity contribution in [3.63, 3.8) is 0 Å². The first kappa shape index (κ1) is 59.0. The number of ether oxygens (including phenoxy) is 2. The van der Waals surface area contributed by atoms with Crippen molar-refractivity contribution in [1.82, 2.24) is 0 Å². The van der Waals surface area contributed by atoms with E-state index in [1.54, 1.807) is 0 Å². The lowest BCUT2D eigenvalue weighted by atomic mass is 10.0. The summed E-state index contributed by atoms with van der Waals surface area (Å²) >= 11 is 0. The van der Waals surface area contributed by atoms with Crippen LogP contribution < -0.4 is 4.89 Å². The molecule has 356 valence electrons. The molecule has 0 N–H and O–H groups in total. The zero-order valence-electron chi connectivity index (χ0n) is 40.1. The van der Waals surface area contributed by atoms with Crippen molar-refractivity contribution in [1.29, 1.82) is 0 Å². The van der Waals surface area contributed by atoms with Crippen molar-refractivity contribution < 1.29 is 42.1 Å². The fraction of sp³-hybridized carbons (Fsp3) is 0.804. The summed E-state index contributed by atoms with van der Waals surface area (Å²) in [5, 5.41) is 0. The molecule has 0 fully saturated rings. The minimum atomic E-state index is -4.63. The third-order valence-corrected chi connectivity index (χ3v) is 11.5. The van der Waals surface area contributed by atoms with Crippen LogP contribution in [-0.4, -0.2) is 70.0 Å². The summed E-state index contributed by atoms with van der Waals surface area (Å²) in [6, 6.07) is 0. The zero-order chi connectivity index (χ0) is 45.0. The van der Waals surface area contributed by atoms with Gasteiger partial charge in [0.1, 0.15) is 19.8 Å². The number of carbonyl (C=O) groups excluding carboxylic acids is 2. The van der Waals surface area contributed by atoms with Crippen LogP contribution in [0.25, 0.3) is 0 Å². The zero-order valence-corrected chi connectivity index (χ0v) is 41.0. The van der Waals surface area contributed by atoms with Gasteiger partial charge in [-0.25, -0.2) is 0 Å². The Hall–Kier alpha value is -2.03. The summed E-state index contributed by atoms with van der Waals surface area (Å²) in [4.78, 5) is 37.6. The quantitative estimate of drug-likeness (QED) is 0.0195. The highest BCUT2D eigenvalue weighted by molar-refractivity contribution is 7.45. The summed E-state index contributed by atoms with van der Waals surface area (Å²) < 4.78 is 34.0. The van der Waals surface area contributed by atoms with Gasteiger partial charge in [-0.05, 0) is 70.6 Å². The molecule has 10 heteroatoms. The van der Waals surface area contributed by atoms with E-state index in [1.807, 2.05) is 21.1 Å². The molecule has 0 radical (unpaired) electrons. The van der Waals surface area contributed by atoms with Gasteiger partial charge < -0.3 is 27.9 Å². The van der Waals surface area contributed by atoms with E-state index in [4.69, 9.17) is 18.5 Å². The molecule has 0 aromatic heterocycles. The molecular weight excluding hydrogens is 786 g/mol. The number of nitrogens with zero attached hydrogens (tertiary/aromatic N) is 1. The van der Waals surface area contributed by atoms with Crippen LogP contribution >= 0.6 is 7.82 Å². The minimum absolute atomic E-state index is 0.0345. The molecule has 2 atom stereocenters. The van der Waals surface area contributed by atoms with Crippen LogP contribution in [0, 0.1) is 0 Å². The maximum Gasteiger partial charge on any atom is 0.306 e. The molecule has 0 aromatic rings. The second-order valence-corrected chi connectivity index (χ2v) is 19.2. The van der Waals surface area contributed by atoms with E-state index in [9.17, 15) is 19.0 Å². The average molecular weight is 880 g/mol. The predicted molar refractivity (Wildman–Crippen MR) is 254 cm³/mol. The Bertz CT molecular complexity index is 1180. The fourth-order valence-electron chi connectivity index (χ4n) is 6.64. The average Bonchev–Trinajstić information content (AvgIpc) is 3.21. The first-order valence-corrected chi connectivity index (χ1v) is 26.3. The number of hydrogen-bond acceptors (Lipinski definition) is 8. The van der Waals surface area contributed by atoms with E-state index in [1.165, 1.54) is 103 Å². The SMILES string of the molecule is CCCC/C=C\C/C=C\CCCCCCCC(=O)OCC(COP(=O)([O-])OCC[N+](C)(C)C)OC(=O)CCCCCCCCCCCCC/C=C\C/C=C\CCCCCCC. The second kappa shape index (κ2) is 43.2. The molecule has 0 saturated carbocycles. The van der Waals surface area contributed by atoms with Crippen LogP contribution in [0.15, 0.2) is 48.6 Å². The Labute approximate surface area is 375 Å². The van der Waals surface area contributed by atoms with Crippen molar-refractivity contribution in [3.8, 4) is 0 Å². The number of carbonyl (C=O) groups is 2. The van der Waals surface area contributed by atoms with Gasteiger partial charge in [-0.15, -0.1) is 0 Å². The number of likely N-dealkylation sites (N-methyl/N-ethyl adjacent to an activating group) is 1. The molecule has 0 aliphatic carbocycles. The lowest BCUT2D eigenvalue weighted by Crippen LogP contribution is -2.37. The highest BCUT2D eigenvalue weighted by Gasteiger charge is 2.21. The number of hydrogen-bond donors (Lipinski definition) is 0. The van der Waals surface area contributed by atoms with E-state index < -0.39 is 32.5 Å². The molecule has 0 spiro atoms. The van der Waals surface area contributed by atoms with Crippen LogP contribution in [0.2, 0.25) is 0 Å². The smallest absolute Gasteiger partial charge is 0.306 e. The fourth-order valence-corrected chi connectivity index (χ4v) is 7.37. The molecule has 0 amide bonds. The number of esters is 2. The van der Waals surface area contributed by atoms with Crippen molar-refractivity contribution in [2.75, 3.05) is 47.5 Å². The van der Waals surface area contributed by atoms with Gasteiger partial charge in [-0.1, -0.05) is 178 Å².